The van der Waals surface area contributed by atoms with Crippen molar-refractivity contribution in [3.8, 4) is 11.3 Å². The molecule has 2 heterocycles. The number of anilines is 1. The van der Waals surface area contributed by atoms with Gasteiger partial charge in [-0.1, -0.05) is 6.07 Å². The first-order valence-electron chi connectivity index (χ1n) is 7.80. The summed E-state index contributed by atoms with van der Waals surface area (Å²) in [6.45, 7) is 3.45. The van der Waals surface area contributed by atoms with E-state index in [0.717, 1.165) is 22.5 Å². The van der Waals surface area contributed by atoms with Crippen LogP contribution in [-0.4, -0.2) is 32.9 Å². The molecule has 126 valence electrons. The van der Waals surface area contributed by atoms with E-state index >= 15 is 0 Å². The highest BCUT2D eigenvalue weighted by molar-refractivity contribution is 5.94. The van der Waals surface area contributed by atoms with Gasteiger partial charge in [-0.25, -0.2) is 4.79 Å². The number of carboxylic acid groups (broad SMARTS) is 1. The van der Waals surface area contributed by atoms with Gasteiger partial charge in [-0.3, -0.25) is 9.48 Å². The largest absolute Gasteiger partial charge is 0.465 e. The summed E-state index contributed by atoms with van der Waals surface area (Å²) < 4.78 is 1.71. The SMILES string of the molecule is CC(=O)N1c2ccc(-c3ccn(C)n3)cc2[C@H](NC(=O)O)C[C@@H]1C. The second kappa shape index (κ2) is 5.99. The molecule has 0 bridgehead atoms. The minimum absolute atomic E-state index is 0.0527. The van der Waals surface area contributed by atoms with Crippen LogP contribution in [0.4, 0.5) is 10.5 Å². The van der Waals surface area contributed by atoms with E-state index < -0.39 is 6.09 Å². The zero-order chi connectivity index (χ0) is 17.4. The summed E-state index contributed by atoms with van der Waals surface area (Å²) in [5.41, 5.74) is 3.25. The number of hydrogen-bond donors (Lipinski definition) is 2. The van der Waals surface area contributed by atoms with Crippen molar-refractivity contribution >= 4 is 17.7 Å². The average Bonchev–Trinajstić information content (AvgIpc) is 2.92. The fourth-order valence-corrected chi connectivity index (χ4v) is 3.36. The predicted octanol–water partition coefficient (Wildman–Crippen LogP) is 2.54. The smallest absolute Gasteiger partial charge is 0.405 e. The topological polar surface area (TPSA) is 87.5 Å². The first kappa shape index (κ1) is 16.0. The van der Waals surface area contributed by atoms with Gasteiger partial charge in [0.15, 0.2) is 0 Å². The lowest BCUT2D eigenvalue weighted by Crippen LogP contribution is -2.45. The Balaban J connectivity index is 2.10. The van der Waals surface area contributed by atoms with Crippen molar-refractivity contribution < 1.29 is 14.7 Å². The van der Waals surface area contributed by atoms with Crippen LogP contribution < -0.4 is 10.2 Å². The highest BCUT2D eigenvalue weighted by Gasteiger charge is 2.33. The molecule has 0 aliphatic carbocycles. The second-order valence-electron chi connectivity index (χ2n) is 6.12. The van der Waals surface area contributed by atoms with Gasteiger partial charge in [0.2, 0.25) is 5.91 Å². The van der Waals surface area contributed by atoms with E-state index in [1.165, 1.54) is 6.92 Å². The van der Waals surface area contributed by atoms with Gasteiger partial charge in [0.1, 0.15) is 0 Å². The Morgan fingerprint density at radius 2 is 2.08 bits per heavy atom. The summed E-state index contributed by atoms with van der Waals surface area (Å²) in [4.78, 5) is 24.9. The quantitative estimate of drug-likeness (QED) is 0.887. The normalized spacial score (nSPS) is 19.7. The molecule has 0 radical (unpaired) electrons. The van der Waals surface area contributed by atoms with Crippen molar-refractivity contribution in [2.75, 3.05) is 4.90 Å². The van der Waals surface area contributed by atoms with Crippen LogP contribution in [-0.2, 0) is 11.8 Å². The number of carbonyl (C=O) groups excluding carboxylic acids is 1. The Morgan fingerprint density at radius 1 is 1.33 bits per heavy atom. The molecule has 7 heteroatoms. The van der Waals surface area contributed by atoms with E-state index in [-0.39, 0.29) is 18.0 Å². The van der Waals surface area contributed by atoms with E-state index in [9.17, 15) is 9.59 Å². The van der Waals surface area contributed by atoms with E-state index in [0.29, 0.717) is 6.42 Å². The molecule has 2 atom stereocenters. The number of aryl methyl sites for hydroxylation is 1. The number of nitrogens with zero attached hydrogens (tertiary/aromatic N) is 3. The lowest BCUT2D eigenvalue weighted by Gasteiger charge is -2.39. The molecule has 7 nitrogen and oxygen atoms in total. The number of benzene rings is 1. The molecule has 24 heavy (non-hydrogen) atoms. The van der Waals surface area contributed by atoms with Crippen molar-refractivity contribution in [3.05, 3.63) is 36.0 Å². The van der Waals surface area contributed by atoms with E-state index in [4.69, 9.17) is 5.11 Å². The summed E-state index contributed by atoms with van der Waals surface area (Å²) in [6.07, 6.45) is 1.31. The molecule has 0 fully saturated rings. The molecule has 0 spiro atoms. The van der Waals surface area contributed by atoms with E-state index in [2.05, 4.69) is 10.4 Å². The van der Waals surface area contributed by atoms with Gasteiger partial charge in [-0.2, -0.15) is 5.10 Å². The van der Waals surface area contributed by atoms with Crippen LogP contribution in [0.15, 0.2) is 30.5 Å². The fourth-order valence-electron chi connectivity index (χ4n) is 3.36. The number of fused-ring (bicyclic) bond motifs is 1. The second-order valence-corrected chi connectivity index (χ2v) is 6.12. The van der Waals surface area contributed by atoms with Gasteiger partial charge in [0.25, 0.3) is 0 Å². The molecule has 1 aliphatic rings. The molecule has 1 aromatic carbocycles. The molecule has 1 aromatic heterocycles. The Kier molecular flexibility index (Phi) is 4.01. The van der Waals surface area contributed by atoms with E-state index in [1.807, 2.05) is 44.4 Å². The number of hydrogen-bond acceptors (Lipinski definition) is 3. The maximum Gasteiger partial charge on any atom is 0.405 e. The van der Waals surface area contributed by atoms with Crippen molar-refractivity contribution in [1.82, 2.24) is 15.1 Å². The maximum absolute atomic E-state index is 12.0. The van der Waals surface area contributed by atoms with E-state index in [1.54, 1.807) is 9.58 Å². The Morgan fingerprint density at radius 3 is 2.67 bits per heavy atom. The minimum Gasteiger partial charge on any atom is -0.465 e. The van der Waals surface area contributed by atoms with Gasteiger partial charge in [0.05, 0.1) is 11.7 Å². The first-order chi connectivity index (χ1) is 11.4. The summed E-state index contributed by atoms with van der Waals surface area (Å²) in [5.74, 6) is -0.0527. The maximum atomic E-state index is 12.0. The summed E-state index contributed by atoms with van der Waals surface area (Å²) >= 11 is 0. The molecule has 2 amide bonds. The number of carbonyl (C=O) groups is 2. The molecule has 1 aliphatic heterocycles. The summed E-state index contributed by atoms with van der Waals surface area (Å²) in [5, 5.41) is 16.1. The van der Waals surface area contributed by atoms with Crippen LogP contribution in [0.1, 0.15) is 31.9 Å². The molecule has 2 N–H and O–H groups in total. The van der Waals surface area contributed by atoms with Crippen molar-refractivity contribution in [2.24, 2.45) is 7.05 Å². The Bertz CT molecular complexity index is 799. The number of rotatable bonds is 2. The third-order valence-electron chi connectivity index (χ3n) is 4.33. The Labute approximate surface area is 139 Å². The third-order valence-corrected chi connectivity index (χ3v) is 4.33. The molecule has 0 saturated heterocycles. The van der Waals surface area contributed by atoms with Crippen LogP contribution in [0.25, 0.3) is 11.3 Å². The molecule has 2 aromatic rings. The average molecular weight is 328 g/mol. The first-order valence-corrected chi connectivity index (χ1v) is 7.80. The number of nitrogens with one attached hydrogen (secondary N) is 1. The van der Waals surface area contributed by atoms with Crippen molar-refractivity contribution in [1.29, 1.82) is 0 Å². The predicted molar refractivity (Wildman–Crippen MR) is 89.8 cm³/mol. The highest BCUT2D eigenvalue weighted by Crippen LogP contribution is 2.39. The zero-order valence-corrected chi connectivity index (χ0v) is 13.9. The van der Waals surface area contributed by atoms with Crippen LogP contribution in [0, 0.1) is 0 Å². The van der Waals surface area contributed by atoms with Gasteiger partial charge < -0.3 is 15.3 Å². The van der Waals surface area contributed by atoms with Gasteiger partial charge in [-0.05, 0) is 37.1 Å². The van der Waals surface area contributed by atoms with Crippen LogP contribution >= 0.6 is 0 Å². The highest BCUT2D eigenvalue weighted by atomic mass is 16.4. The van der Waals surface area contributed by atoms with Gasteiger partial charge in [0, 0.05) is 37.5 Å². The monoisotopic (exact) mass is 328 g/mol. The van der Waals surface area contributed by atoms with Crippen LogP contribution in [0.5, 0.6) is 0 Å². The third kappa shape index (κ3) is 2.84. The Hall–Kier alpha value is -2.83. The zero-order valence-electron chi connectivity index (χ0n) is 13.9. The number of amides is 2. The standard InChI is InChI=1S/C17H20N4O3/c1-10-8-15(18-17(23)24)13-9-12(14-6-7-20(3)19-14)4-5-16(13)21(10)11(2)22/h4-7,9-10,15,18H,8H2,1-3H3,(H,23,24)/t10-,15+/m0/s1. The number of aromatic nitrogens is 2. The van der Waals surface area contributed by atoms with Gasteiger partial charge >= 0.3 is 6.09 Å². The van der Waals surface area contributed by atoms with Crippen LogP contribution in [0.3, 0.4) is 0 Å². The lowest BCUT2D eigenvalue weighted by molar-refractivity contribution is -0.117. The van der Waals surface area contributed by atoms with Crippen molar-refractivity contribution in [2.45, 2.75) is 32.4 Å². The molecular formula is C17H20N4O3. The lowest BCUT2D eigenvalue weighted by atomic mass is 9.90. The van der Waals surface area contributed by atoms with Crippen LogP contribution in [0.2, 0.25) is 0 Å². The van der Waals surface area contributed by atoms with Crippen molar-refractivity contribution in [3.63, 3.8) is 0 Å². The molecule has 3 rings (SSSR count). The van der Waals surface area contributed by atoms with Gasteiger partial charge in [-0.15, -0.1) is 0 Å². The molecular weight excluding hydrogens is 308 g/mol. The molecule has 0 unspecified atom stereocenters. The molecule has 0 saturated carbocycles. The summed E-state index contributed by atoms with van der Waals surface area (Å²) in [7, 11) is 1.84. The minimum atomic E-state index is -1.07. The fraction of sp³-hybridized carbons (Fsp3) is 0.353. The summed E-state index contributed by atoms with van der Waals surface area (Å²) in [6, 6.07) is 7.16.